The van der Waals surface area contributed by atoms with Crippen LogP contribution in [0.1, 0.15) is 34.8 Å². The highest BCUT2D eigenvalue weighted by Gasteiger charge is 2.21. The van der Waals surface area contributed by atoms with Gasteiger partial charge in [0.05, 0.1) is 30.8 Å². The Morgan fingerprint density at radius 2 is 2.03 bits per heavy atom. The standard InChI is InChI=1S/C19H22Cl2N6O3/c20-14-6-12(7-15(21)8-14)16(9-17(28)29)26-18(30)13-10-25-27(11-13)5-1-2-22-19-23-3-4-24-19/h6-8,10-11,16H,1-5,9H2,(H,26,30)(H,28,29)(H2,22,23,24). The second kappa shape index (κ2) is 10.3. The van der Waals surface area contributed by atoms with E-state index in [4.69, 9.17) is 23.2 Å². The van der Waals surface area contributed by atoms with Crippen molar-refractivity contribution in [3.8, 4) is 0 Å². The van der Waals surface area contributed by atoms with Crippen molar-refractivity contribution in [2.24, 2.45) is 4.99 Å². The third-order valence-corrected chi connectivity index (χ3v) is 4.83. The van der Waals surface area contributed by atoms with Gasteiger partial charge in [0, 0.05) is 35.9 Å². The minimum absolute atomic E-state index is 0.305. The van der Waals surface area contributed by atoms with Gasteiger partial charge in [0.2, 0.25) is 0 Å². The fraction of sp³-hybridized carbons (Fsp3) is 0.368. The maximum atomic E-state index is 12.6. The van der Waals surface area contributed by atoms with Crippen LogP contribution < -0.4 is 16.0 Å². The number of rotatable bonds is 9. The van der Waals surface area contributed by atoms with Crippen LogP contribution in [0, 0.1) is 0 Å². The SMILES string of the molecule is O=C(O)CC(NC(=O)c1cnn(CCCNC2=NCCN2)c1)c1cc(Cl)cc(Cl)c1. The predicted molar refractivity (Wildman–Crippen MR) is 114 cm³/mol. The Balaban J connectivity index is 1.58. The van der Waals surface area contributed by atoms with E-state index in [1.165, 1.54) is 6.20 Å². The zero-order chi connectivity index (χ0) is 21.5. The lowest BCUT2D eigenvalue weighted by atomic mass is 10.0. The van der Waals surface area contributed by atoms with E-state index >= 15 is 0 Å². The molecule has 1 aliphatic rings. The average Bonchev–Trinajstić information content (AvgIpc) is 3.35. The van der Waals surface area contributed by atoms with Crippen LogP contribution in [0.15, 0.2) is 35.6 Å². The van der Waals surface area contributed by atoms with Gasteiger partial charge in [-0.15, -0.1) is 0 Å². The molecule has 0 aliphatic carbocycles. The van der Waals surface area contributed by atoms with Gasteiger partial charge >= 0.3 is 5.97 Å². The normalized spacial score (nSPS) is 14.0. The number of carbonyl (C=O) groups is 2. The molecule has 1 unspecified atom stereocenters. The van der Waals surface area contributed by atoms with Gasteiger partial charge in [-0.05, 0) is 30.2 Å². The van der Waals surface area contributed by atoms with Crippen LogP contribution in [0.4, 0.5) is 0 Å². The highest BCUT2D eigenvalue weighted by Crippen LogP contribution is 2.25. The number of amides is 1. The van der Waals surface area contributed by atoms with Gasteiger partial charge in [-0.1, -0.05) is 23.2 Å². The van der Waals surface area contributed by atoms with Crippen LogP contribution >= 0.6 is 23.2 Å². The van der Waals surface area contributed by atoms with Crippen LogP contribution in [-0.2, 0) is 11.3 Å². The lowest BCUT2D eigenvalue weighted by Crippen LogP contribution is -2.34. The Morgan fingerprint density at radius 1 is 1.27 bits per heavy atom. The number of carboxylic acid groups (broad SMARTS) is 1. The number of nitrogens with one attached hydrogen (secondary N) is 3. The largest absolute Gasteiger partial charge is 0.481 e. The molecule has 1 aromatic carbocycles. The molecular formula is C19H22Cl2N6O3. The molecular weight excluding hydrogens is 431 g/mol. The maximum Gasteiger partial charge on any atom is 0.305 e. The number of aromatic nitrogens is 2. The van der Waals surface area contributed by atoms with Crippen LogP contribution in [0.3, 0.4) is 0 Å². The van der Waals surface area contributed by atoms with Gasteiger partial charge in [0.15, 0.2) is 5.96 Å². The van der Waals surface area contributed by atoms with Crippen LogP contribution in [0.5, 0.6) is 0 Å². The Morgan fingerprint density at radius 3 is 2.70 bits per heavy atom. The monoisotopic (exact) mass is 452 g/mol. The van der Waals surface area contributed by atoms with Gasteiger partial charge in [-0.25, -0.2) is 0 Å². The Labute approximate surface area is 183 Å². The number of aryl methyl sites for hydroxylation is 1. The second-order valence-electron chi connectivity index (χ2n) is 6.76. The molecule has 0 saturated heterocycles. The molecule has 0 fully saturated rings. The van der Waals surface area contributed by atoms with Crippen molar-refractivity contribution in [1.82, 2.24) is 25.7 Å². The predicted octanol–water partition coefficient (Wildman–Crippen LogP) is 2.07. The number of guanidine groups is 1. The van der Waals surface area contributed by atoms with Gasteiger partial charge in [-0.2, -0.15) is 5.10 Å². The first-order valence-electron chi connectivity index (χ1n) is 9.44. The fourth-order valence-corrected chi connectivity index (χ4v) is 3.55. The molecule has 0 radical (unpaired) electrons. The van der Waals surface area contributed by atoms with Crippen molar-refractivity contribution < 1.29 is 14.7 Å². The molecule has 3 rings (SSSR count). The van der Waals surface area contributed by atoms with Crippen molar-refractivity contribution in [3.63, 3.8) is 0 Å². The lowest BCUT2D eigenvalue weighted by Gasteiger charge is -2.17. The number of hydrogen-bond acceptors (Lipinski definition) is 6. The molecule has 1 aromatic heterocycles. The van der Waals surface area contributed by atoms with Crippen molar-refractivity contribution in [3.05, 3.63) is 51.8 Å². The van der Waals surface area contributed by atoms with E-state index < -0.39 is 17.9 Å². The number of carboxylic acids is 1. The second-order valence-corrected chi connectivity index (χ2v) is 7.63. The highest BCUT2D eigenvalue weighted by molar-refractivity contribution is 6.34. The average molecular weight is 453 g/mol. The summed E-state index contributed by atoms with van der Waals surface area (Å²) in [5, 5.41) is 23.2. The lowest BCUT2D eigenvalue weighted by molar-refractivity contribution is -0.137. The first-order chi connectivity index (χ1) is 14.4. The molecule has 4 N–H and O–H groups in total. The minimum Gasteiger partial charge on any atom is -0.481 e. The number of halogens is 2. The number of nitrogens with zero attached hydrogens (tertiary/aromatic N) is 3. The van der Waals surface area contributed by atoms with Crippen LogP contribution in [0.2, 0.25) is 10.0 Å². The first kappa shape index (κ1) is 21.9. The molecule has 1 amide bonds. The molecule has 2 heterocycles. The smallest absolute Gasteiger partial charge is 0.305 e. The summed E-state index contributed by atoms with van der Waals surface area (Å²) in [6.45, 7) is 2.98. The summed E-state index contributed by atoms with van der Waals surface area (Å²) in [4.78, 5) is 28.2. The van der Waals surface area contributed by atoms with Crippen LogP contribution in [0.25, 0.3) is 0 Å². The van der Waals surface area contributed by atoms with E-state index in [2.05, 4.69) is 26.0 Å². The summed E-state index contributed by atoms with van der Waals surface area (Å²) < 4.78 is 1.67. The quantitative estimate of drug-likeness (QED) is 0.432. The summed E-state index contributed by atoms with van der Waals surface area (Å²) in [6.07, 6.45) is 3.57. The number of carbonyl (C=O) groups excluding carboxylic acids is 1. The number of aliphatic imine (C=N–C) groups is 1. The summed E-state index contributed by atoms with van der Waals surface area (Å²) in [6, 6.07) is 3.93. The molecule has 0 spiro atoms. The third-order valence-electron chi connectivity index (χ3n) is 4.40. The summed E-state index contributed by atoms with van der Waals surface area (Å²) >= 11 is 12.0. The fourth-order valence-electron chi connectivity index (χ4n) is 3.01. The van der Waals surface area contributed by atoms with Gasteiger partial charge in [0.25, 0.3) is 5.91 Å². The molecule has 30 heavy (non-hydrogen) atoms. The van der Waals surface area contributed by atoms with E-state index in [-0.39, 0.29) is 6.42 Å². The first-order valence-corrected chi connectivity index (χ1v) is 10.2. The summed E-state index contributed by atoms with van der Waals surface area (Å²) in [7, 11) is 0. The highest BCUT2D eigenvalue weighted by atomic mass is 35.5. The Hall–Kier alpha value is -2.78. The zero-order valence-corrected chi connectivity index (χ0v) is 17.6. The molecule has 0 saturated carbocycles. The van der Waals surface area contributed by atoms with E-state index in [9.17, 15) is 14.7 Å². The van der Waals surface area contributed by atoms with E-state index in [1.807, 2.05) is 0 Å². The van der Waals surface area contributed by atoms with Crippen molar-refractivity contribution >= 4 is 41.0 Å². The van der Waals surface area contributed by atoms with Crippen molar-refractivity contribution in [2.75, 3.05) is 19.6 Å². The van der Waals surface area contributed by atoms with Gasteiger partial charge in [-0.3, -0.25) is 19.3 Å². The number of benzene rings is 1. The van der Waals surface area contributed by atoms with E-state index in [0.29, 0.717) is 27.7 Å². The van der Waals surface area contributed by atoms with Crippen molar-refractivity contribution in [1.29, 1.82) is 0 Å². The zero-order valence-electron chi connectivity index (χ0n) is 16.1. The topological polar surface area (TPSA) is 121 Å². The Bertz CT molecular complexity index is 926. The minimum atomic E-state index is -1.05. The number of aliphatic carboxylic acids is 1. The van der Waals surface area contributed by atoms with Crippen LogP contribution in [-0.4, -0.2) is 52.4 Å². The van der Waals surface area contributed by atoms with Gasteiger partial charge < -0.3 is 21.1 Å². The summed E-state index contributed by atoms with van der Waals surface area (Å²) in [5.41, 5.74) is 0.860. The van der Waals surface area contributed by atoms with Gasteiger partial charge in [0.1, 0.15) is 0 Å². The molecule has 160 valence electrons. The maximum absolute atomic E-state index is 12.6. The molecule has 9 nitrogen and oxygen atoms in total. The van der Waals surface area contributed by atoms with E-state index in [1.54, 1.807) is 29.1 Å². The van der Waals surface area contributed by atoms with Crippen molar-refractivity contribution in [2.45, 2.75) is 25.4 Å². The summed E-state index contributed by atoms with van der Waals surface area (Å²) in [5.74, 6) is -0.673. The molecule has 0 bridgehead atoms. The third kappa shape index (κ3) is 6.36. The molecule has 11 heteroatoms. The molecule has 1 aliphatic heterocycles. The number of hydrogen-bond donors (Lipinski definition) is 4. The molecule has 2 aromatic rings. The van der Waals surface area contributed by atoms with E-state index in [0.717, 1.165) is 32.0 Å². The molecule has 1 atom stereocenters. The Kier molecular flexibility index (Phi) is 7.53.